The molecule has 0 unspecified atom stereocenters. The van der Waals surface area contributed by atoms with Crippen LogP contribution in [-0.2, 0) is 0 Å². The first-order valence-corrected chi connectivity index (χ1v) is 9.12. The third-order valence-corrected chi connectivity index (χ3v) is 4.97. The quantitative estimate of drug-likeness (QED) is 0.840. The Bertz CT molecular complexity index is 870. The Kier molecular flexibility index (Phi) is 5.32. The molecule has 2 heterocycles. The van der Waals surface area contributed by atoms with Crippen LogP contribution in [0.2, 0.25) is 5.02 Å². The molecule has 0 saturated carbocycles. The largest absolute Gasteiger partial charge is 0.324 e. The number of rotatable bonds is 2. The molecule has 26 heavy (non-hydrogen) atoms. The number of aromatic amines is 1. The van der Waals surface area contributed by atoms with Crippen molar-refractivity contribution < 1.29 is 4.79 Å². The van der Waals surface area contributed by atoms with Gasteiger partial charge in [-0.3, -0.25) is 4.79 Å². The lowest BCUT2D eigenvalue weighted by molar-refractivity contribution is 0.192. The van der Waals surface area contributed by atoms with Crippen LogP contribution in [-0.4, -0.2) is 34.0 Å². The number of nitrogens with one attached hydrogen (secondary N) is 2. The van der Waals surface area contributed by atoms with Gasteiger partial charge in [-0.1, -0.05) is 17.7 Å². The van der Waals surface area contributed by atoms with Gasteiger partial charge >= 0.3 is 6.03 Å². The second-order valence-corrected chi connectivity index (χ2v) is 7.32. The molecule has 6 nitrogen and oxygen atoms in total. The number of halogens is 1. The Hall–Kier alpha value is -2.34. The average molecular weight is 375 g/mol. The molecule has 0 spiro atoms. The molecular weight excluding hydrogens is 352 g/mol. The summed E-state index contributed by atoms with van der Waals surface area (Å²) in [4.78, 5) is 33.3. The van der Waals surface area contributed by atoms with Crippen molar-refractivity contribution >= 4 is 23.3 Å². The van der Waals surface area contributed by atoms with Crippen LogP contribution in [0.5, 0.6) is 0 Å². The minimum atomic E-state index is -0.176. The predicted molar refractivity (Wildman–Crippen MR) is 103 cm³/mol. The van der Waals surface area contributed by atoms with Gasteiger partial charge in [0.25, 0.3) is 5.56 Å². The number of piperidine rings is 1. The Balaban J connectivity index is 1.75. The van der Waals surface area contributed by atoms with Crippen LogP contribution in [0.15, 0.2) is 23.0 Å². The molecule has 0 radical (unpaired) electrons. The van der Waals surface area contributed by atoms with Crippen molar-refractivity contribution in [3.05, 3.63) is 56.2 Å². The van der Waals surface area contributed by atoms with Crippen molar-refractivity contribution in [1.29, 1.82) is 0 Å². The van der Waals surface area contributed by atoms with E-state index < -0.39 is 0 Å². The molecule has 1 aliphatic rings. The van der Waals surface area contributed by atoms with E-state index in [1.807, 2.05) is 26.0 Å². The minimum absolute atomic E-state index is 0.0603. The highest BCUT2D eigenvalue weighted by Crippen LogP contribution is 2.29. The summed E-state index contributed by atoms with van der Waals surface area (Å²) < 4.78 is 0. The molecule has 1 aromatic carbocycles. The molecule has 0 bridgehead atoms. The molecule has 2 N–H and O–H groups in total. The molecule has 1 aromatic heterocycles. The lowest BCUT2D eigenvalue weighted by Crippen LogP contribution is -2.42. The molecular formula is C19H23ClN4O2. The van der Waals surface area contributed by atoms with Crippen LogP contribution in [0.1, 0.15) is 41.4 Å². The van der Waals surface area contributed by atoms with E-state index >= 15 is 0 Å². The average Bonchev–Trinajstić information content (AvgIpc) is 2.57. The fraction of sp³-hybridized carbons (Fsp3) is 0.421. The van der Waals surface area contributed by atoms with Crippen molar-refractivity contribution in [2.75, 3.05) is 18.4 Å². The number of carbonyl (C=O) groups excluding carboxylic acids is 1. The molecule has 7 heteroatoms. The normalized spacial score (nSPS) is 17.2. The molecule has 0 aliphatic carbocycles. The van der Waals surface area contributed by atoms with Crippen LogP contribution in [0.25, 0.3) is 0 Å². The highest BCUT2D eigenvalue weighted by atomic mass is 35.5. The molecule has 1 saturated heterocycles. The van der Waals surface area contributed by atoms with E-state index in [1.54, 1.807) is 11.8 Å². The maximum atomic E-state index is 12.7. The van der Waals surface area contributed by atoms with Crippen LogP contribution in [0, 0.1) is 20.8 Å². The van der Waals surface area contributed by atoms with Gasteiger partial charge < -0.3 is 15.2 Å². The van der Waals surface area contributed by atoms with E-state index in [2.05, 4.69) is 15.3 Å². The van der Waals surface area contributed by atoms with E-state index in [0.717, 1.165) is 29.7 Å². The summed E-state index contributed by atoms with van der Waals surface area (Å²) in [6, 6.07) is 5.18. The Morgan fingerprint density at radius 1 is 1.31 bits per heavy atom. The van der Waals surface area contributed by atoms with E-state index in [1.165, 1.54) is 6.07 Å². The number of nitrogens with zero attached hydrogens (tertiary/aromatic N) is 2. The molecule has 138 valence electrons. The van der Waals surface area contributed by atoms with Crippen molar-refractivity contribution in [3.8, 4) is 0 Å². The highest BCUT2D eigenvalue weighted by Gasteiger charge is 2.26. The van der Waals surface area contributed by atoms with E-state index in [9.17, 15) is 9.59 Å². The zero-order chi connectivity index (χ0) is 18.8. The number of aryl methyl sites for hydroxylation is 3. The van der Waals surface area contributed by atoms with Crippen molar-refractivity contribution in [3.63, 3.8) is 0 Å². The smallest absolute Gasteiger partial charge is 0.321 e. The van der Waals surface area contributed by atoms with Gasteiger partial charge in [0.05, 0.1) is 16.4 Å². The predicted octanol–water partition coefficient (Wildman–Crippen LogP) is 3.76. The first kappa shape index (κ1) is 18.5. The van der Waals surface area contributed by atoms with Crippen LogP contribution in [0.3, 0.4) is 0 Å². The summed E-state index contributed by atoms with van der Waals surface area (Å²) in [7, 11) is 0. The second-order valence-electron chi connectivity index (χ2n) is 6.91. The Morgan fingerprint density at radius 3 is 2.77 bits per heavy atom. The molecule has 2 amide bonds. The van der Waals surface area contributed by atoms with Gasteiger partial charge in [-0.05, 0) is 50.8 Å². The molecule has 2 aromatic rings. The maximum Gasteiger partial charge on any atom is 0.321 e. The summed E-state index contributed by atoms with van der Waals surface area (Å²) >= 11 is 6.30. The number of amides is 2. The maximum absolute atomic E-state index is 12.7. The number of benzene rings is 1. The molecule has 1 atom stereocenters. The molecule has 3 rings (SSSR count). The molecule has 1 aliphatic heterocycles. The lowest BCUT2D eigenvalue weighted by Gasteiger charge is -2.32. The fourth-order valence-electron chi connectivity index (χ4n) is 3.47. The summed E-state index contributed by atoms with van der Waals surface area (Å²) in [6.07, 6.45) is 1.77. The minimum Gasteiger partial charge on any atom is -0.324 e. The summed E-state index contributed by atoms with van der Waals surface area (Å²) in [6.45, 7) is 6.87. The van der Waals surface area contributed by atoms with Crippen LogP contribution < -0.4 is 10.9 Å². The Labute approximate surface area is 157 Å². The van der Waals surface area contributed by atoms with Gasteiger partial charge in [-0.25, -0.2) is 9.78 Å². The second kappa shape index (κ2) is 7.50. The summed E-state index contributed by atoms with van der Waals surface area (Å²) in [5.74, 6) is 0.654. The number of carbonyl (C=O) groups is 1. The number of aromatic nitrogens is 2. The number of urea groups is 1. The van der Waals surface area contributed by atoms with Gasteiger partial charge in [0, 0.05) is 25.1 Å². The standard InChI is InChI=1S/C19H23ClN4O2/c1-11-7-12(2)18(15(20)8-11)23-19(26)24-6-4-5-14(10-24)16-9-17(25)22-13(3)21-16/h7-9,14H,4-6,10H2,1-3H3,(H,23,26)(H,21,22,25)/t14-/m1/s1. The number of H-pyrrole nitrogens is 1. The Morgan fingerprint density at radius 2 is 2.08 bits per heavy atom. The lowest BCUT2D eigenvalue weighted by atomic mass is 9.94. The third kappa shape index (κ3) is 4.07. The topological polar surface area (TPSA) is 78.1 Å². The van der Waals surface area contributed by atoms with Crippen molar-refractivity contribution in [2.45, 2.75) is 39.5 Å². The van der Waals surface area contributed by atoms with Gasteiger partial charge in [-0.15, -0.1) is 0 Å². The zero-order valence-electron chi connectivity index (χ0n) is 15.2. The number of anilines is 1. The van der Waals surface area contributed by atoms with E-state index in [0.29, 0.717) is 29.6 Å². The van der Waals surface area contributed by atoms with Gasteiger partial charge in [0.1, 0.15) is 5.82 Å². The highest BCUT2D eigenvalue weighted by molar-refractivity contribution is 6.34. The van der Waals surface area contributed by atoms with Gasteiger partial charge in [0.15, 0.2) is 0 Å². The first-order valence-electron chi connectivity index (χ1n) is 8.74. The number of hydrogen-bond acceptors (Lipinski definition) is 3. The first-order chi connectivity index (χ1) is 12.3. The van der Waals surface area contributed by atoms with Crippen LogP contribution >= 0.6 is 11.6 Å². The monoisotopic (exact) mass is 374 g/mol. The molecule has 1 fully saturated rings. The van der Waals surface area contributed by atoms with Gasteiger partial charge in [-0.2, -0.15) is 0 Å². The third-order valence-electron chi connectivity index (χ3n) is 4.67. The SMILES string of the molecule is Cc1cc(C)c(NC(=O)N2CCC[C@@H](c3cc(=O)[nH]c(C)n3)C2)c(Cl)c1. The van der Waals surface area contributed by atoms with E-state index in [-0.39, 0.29) is 17.5 Å². The summed E-state index contributed by atoms with van der Waals surface area (Å²) in [5, 5.41) is 3.48. The van der Waals surface area contributed by atoms with Crippen molar-refractivity contribution in [2.24, 2.45) is 0 Å². The fourth-order valence-corrected chi connectivity index (χ4v) is 3.84. The van der Waals surface area contributed by atoms with Crippen molar-refractivity contribution in [1.82, 2.24) is 14.9 Å². The van der Waals surface area contributed by atoms with E-state index in [4.69, 9.17) is 11.6 Å². The van der Waals surface area contributed by atoms with Crippen LogP contribution in [0.4, 0.5) is 10.5 Å². The number of hydrogen-bond donors (Lipinski definition) is 2. The van der Waals surface area contributed by atoms with Gasteiger partial charge in [0.2, 0.25) is 0 Å². The number of likely N-dealkylation sites (tertiary alicyclic amines) is 1. The summed E-state index contributed by atoms with van der Waals surface area (Å²) in [5.41, 5.74) is 3.22. The zero-order valence-corrected chi connectivity index (χ0v) is 16.0.